The van der Waals surface area contributed by atoms with Crippen LogP contribution < -0.4 is 16.0 Å². The van der Waals surface area contributed by atoms with E-state index in [-0.39, 0.29) is 53.2 Å². The fourth-order valence-electron chi connectivity index (χ4n) is 7.03. The summed E-state index contributed by atoms with van der Waals surface area (Å²) in [5.41, 5.74) is -0.306. The number of hydrogen-bond donors (Lipinski definition) is 3. The molecule has 4 fully saturated rings. The van der Waals surface area contributed by atoms with E-state index >= 15 is 0 Å². The highest BCUT2D eigenvalue weighted by molar-refractivity contribution is 5.95. The summed E-state index contributed by atoms with van der Waals surface area (Å²) in [6.45, 7) is 10.5. The minimum atomic E-state index is -0.966. The zero-order chi connectivity index (χ0) is 30.7. The van der Waals surface area contributed by atoms with Gasteiger partial charge in [-0.25, -0.2) is 8.78 Å². The Hall–Kier alpha value is -3.55. The van der Waals surface area contributed by atoms with Crippen molar-refractivity contribution in [1.82, 2.24) is 20.9 Å². The van der Waals surface area contributed by atoms with Crippen molar-refractivity contribution in [1.29, 1.82) is 5.26 Å². The molecule has 2 saturated heterocycles. The molecule has 3 unspecified atom stereocenters. The number of halogens is 2. The summed E-state index contributed by atoms with van der Waals surface area (Å²) < 4.78 is 27.1. The van der Waals surface area contributed by atoms with Crippen molar-refractivity contribution in [2.24, 2.45) is 34.5 Å². The van der Waals surface area contributed by atoms with Crippen LogP contribution >= 0.6 is 0 Å². The second-order valence-corrected chi connectivity index (χ2v) is 14.0. The van der Waals surface area contributed by atoms with Crippen molar-refractivity contribution in [2.45, 2.75) is 77.9 Å². The summed E-state index contributed by atoms with van der Waals surface area (Å²) in [7, 11) is 0. The maximum Gasteiger partial charge on any atom is 0.246 e. The van der Waals surface area contributed by atoms with E-state index in [0.717, 1.165) is 12.1 Å². The van der Waals surface area contributed by atoms with Crippen LogP contribution in [0.5, 0.6) is 0 Å². The molecule has 5 rings (SSSR count). The van der Waals surface area contributed by atoms with Crippen molar-refractivity contribution >= 4 is 23.6 Å². The van der Waals surface area contributed by atoms with Crippen LogP contribution in [0.2, 0.25) is 0 Å². The molecule has 2 aliphatic heterocycles. The van der Waals surface area contributed by atoms with Crippen molar-refractivity contribution in [2.75, 3.05) is 13.1 Å². The number of piperidine rings is 1. The molecule has 0 spiro atoms. The molecule has 8 atom stereocenters. The topological polar surface area (TPSA) is 131 Å². The molecule has 4 aliphatic rings. The van der Waals surface area contributed by atoms with E-state index in [1.165, 1.54) is 6.07 Å². The molecule has 3 N–H and O–H groups in total. The fourth-order valence-corrected chi connectivity index (χ4v) is 7.03. The van der Waals surface area contributed by atoms with Gasteiger partial charge in [0.25, 0.3) is 0 Å². The Kier molecular flexibility index (Phi) is 7.57. The molecule has 2 heterocycles. The van der Waals surface area contributed by atoms with Crippen LogP contribution in [0.25, 0.3) is 0 Å². The van der Waals surface area contributed by atoms with Gasteiger partial charge in [0.1, 0.15) is 18.1 Å². The first-order chi connectivity index (χ1) is 19.6. The SMILES string of the molecule is CC1(C)C2CN(C(=O)[C@@H](NC(=O)[C@@H]3C[C@H]3c3ccc(F)c(F)c3)C(C)(C)C)C(C(=O)N[C@H](C#N)C[C@@H]3CCNC3=O)C21. The molecule has 1 aromatic carbocycles. The minimum absolute atomic E-state index is 0.0897. The molecule has 2 aliphatic carbocycles. The highest BCUT2D eigenvalue weighted by Crippen LogP contribution is 2.65. The lowest BCUT2D eigenvalue weighted by molar-refractivity contribution is -0.145. The molecular formula is C31H39F2N5O4. The highest BCUT2D eigenvalue weighted by Gasteiger charge is 2.70. The quantitative estimate of drug-likeness (QED) is 0.433. The van der Waals surface area contributed by atoms with Gasteiger partial charge in [-0.05, 0) is 65.5 Å². The average Bonchev–Trinajstić information content (AvgIpc) is 3.67. The number of benzene rings is 1. The van der Waals surface area contributed by atoms with Crippen LogP contribution in [-0.4, -0.2) is 59.7 Å². The normalized spacial score (nSPS) is 30.4. The molecule has 9 nitrogen and oxygen atoms in total. The third kappa shape index (κ3) is 5.48. The third-order valence-electron chi connectivity index (χ3n) is 9.81. The lowest BCUT2D eigenvalue weighted by Crippen LogP contribution is -2.60. The average molecular weight is 584 g/mol. The predicted octanol–water partition coefficient (Wildman–Crippen LogP) is 2.62. The van der Waals surface area contributed by atoms with Crippen LogP contribution in [-0.2, 0) is 19.2 Å². The van der Waals surface area contributed by atoms with Crippen molar-refractivity contribution in [3.8, 4) is 6.07 Å². The van der Waals surface area contributed by atoms with Gasteiger partial charge in [-0.2, -0.15) is 5.26 Å². The van der Waals surface area contributed by atoms with Crippen molar-refractivity contribution < 1.29 is 28.0 Å². The number of amides is 4. The van der Waals surface area contributed by atoms with Gasteiger partial charge in [0.05, 0.1) is 6.07 Å². The Morgan fingerprint density at radius 1 is 1.17 bits per heavy atom. The number of rotatable bonds is 8. The molecular weight excluding hydrogens is 544 g/mol. The van der Waals surface area contributed by atoms with Crippen molar-refractivity contribution in [3.05, 3.63) is 35.4 Å². The maximum absolute atomic E-state index is 14.1. The molecule has 0 radical (unpaired) electrons. The lowest BCUT2D eigenvalue weighted by Gasteiger charge is -2.38. The van der Waals surface area contributed by atoms with Crippen LogP contribution in [0.1, 0.15) is 65.4 Å². The number of fused-ring (bicyclic) bond motifs is 1. The molecule has 4 amide bonds. The van der Waals surface area contributed by atoms with Gasteiger partial charge in [0.2, 0.25) is 23.6 Å². The second-order valence-electron chi connectivity index (χ2n) is 14.0. The van der Waals surface area contributed by atoms with E-state index in [2.05, 4.69) is 35.9 Å². The number of carbonyl (C=O) groups excluding carboxylic acids is 4. The third-order valence-corrected chi connectivity index (χ3v) is 9.81. The summed E-state index contributed by atoms with van der Waals surface area (Å²) in [4.78, 5) is 54.6. The van der Waals surface area contributed by atoms with Gasteiger partial charge in [-0.3, -0.25) is 19.2 Å². The van der Waals surface area contributed by atoms with E-state index < -0.39 is 47.0 Å². The number of carbonyl (C=O) groups is 4. The smallest absolute Gasteiger partial charge is 0.246 e. The first-order valence-corrected chi connectivity index (χ1v) is 14.7. The molecule has 11 heteroatoms. The number of nitriles is 1. The van der Waals surface area contributed by atoms with E-state index in [1.807, 2.05) is 20.8 Å². The summed E-state index contributed by atoms with van der Waals surface area (Å²) in [6, 6.07) is 3.12. The van der Waals surface area contributed by atoms with E-state index in [4.69, 9.17) is 0 Å². The summed E-state index contributed by atoms with van der Waals surface area (Å²) in [5.74, 6) is -4.25. The maximum atomic E-state index is 14.1. The Morgan fingerprint density at radius 3 is 2.48 bits per heavy atom. The Morgan fingerprint density at radius 2 is 1.88 bits per heavy atom. The summed E-state index contributed by atoms with van der Waals surface area (Å²) in [5, 5.41) is 18.2. The van der Waals surface area contributed by atoms with Gasteiger partial charge in [-0.15, -0.1) is 0 Å². The Labute approximate surface area is 244 Å². The number of likely N-dealkylation sites (tertiary alicyclic amines) is 1. The number of nitrogens with zero attached hydrogens (tertiary/aromatic N) is 2. The molecule has 1 aromatic rings. The molecule has 0 aromatic heterocycles. The standard InChI is InChI=1S/C31H39F2N5O4/c1-30(2,3)25(37-27(40)19-12-18(19)15-6-7-21(32)22(33)11-15)29(42)38-14-20-23(31(20,4)5)24(38)28(41)36-17(13-34)10-16-8-9-35-26(16)39/h6-7,11,16-20,23-25H,8-10,12,14H2,1-5H3,(H,35,39)(H,36,41)(H,37,40)/t16-,17-,18-,19+,20?,23?,24?,25+/m0/s1. The Bertz CT molecular complexity index is 1350. The molecule has 0 bridgehead atoms. The zero-order valence-corrected chi connectivity index (χ0v) is 24.7. The lowest BCUT2D eigenvalue weighted by atomic mass is 9.85. The predicted molar refractivity (Wildman–Crippen MR) is 148 cm³/mol. The van der Waals surface area contributed by atoms with E-state index in [1.54, 1.807) is 4.90 Å². The molecule has 42 heavy (non-hydrogen) atoms. The first-order valence-electron chi connectivity index (χ1n) is 14.7. The number of nitrogens with one attached hydrogen (secondary N) is 3. The number of hydrogen-bond acceptors (Lipinski definition) is 5. The first kappa shape index (κ1) is 29.9. The zero-order valence-electron chi connectivity index (χ0n) is 24.7. The van der Waals surface area contributed by atoms with Gasteiger partial charge in [0, 0.05) is 24.9 Å². The van der Waals surface area contributed by atoms with Gasteiger partial charge < -0.3 is 20.9 Å². The highest BCUT2D eigenvalue weighted by atomic mass is 19.2. The van der Waals surface area contributed by atoms with Crippen LogP contribution in [0.4, 0.5) is 8.78 Å². The van der Waals surface area contributed by atoms with Crippen LogP contribution in [0.3, 0.4) is 0 Å². The van der Waals surface area contributed by atoms with E-state index in [0.29, 0.717) is 31.5 Å². The Balaban J connectivity index is 1.30. The van der Waals surface area contributed by atoms with E-state index in [9.17, 15) is 33.2 Å². The molecule has 226 valence electrons. The summed E-state index contributed by atoms with van der Waals surface area (Å²) >= 11 is 0. The minimum Gasteiger partial charge on any atom is -0.356 e. The van der Waals surface area contributed by atoms with Gasteiger partial charge in [-0.1, -0.05) is 40.7 Å². The van der Waals surface area contributed by atoms with Crippen molar-refractivity contribution in [3.63, 3.8) is 0 Å². The fraction of sp³-hybridized carbons (Fsp3) is 0.645. The largest absolute Gasteiger partial charge is 0.356 e. The van der Waals surface area contributed by atoms with Gasteiger partial charge >= 0.3 is 0 Å². The summed E-state index contributed by atoms with van der Waals surface area (Å²) in [6.07, 6.45) is 1.26. The monoisotopic (exact) mass is 583 g/mol. The van der Waals surface area contributed by atoms with Crippen LogP contribution in [0.15, 0.2) is 18.2 Å². The van der Waals surface area contributed by atoms with Gasteiger partial charge in [0.15, 0.2) is 11.6 Å². The second kappa shape index (κ2) is 10.6. The molecule has 2 saturated carbocycles. The van der Waals surface area contributed by atoms with Crippen LogP contribution in [0, 0.1) is 57.5 Å².